The lowest BCUT2D eigenvalue weighted by Crippen LogP contribution is -2.39. The Morgan fingerprint density at radius 1 is 0.972 bits per heavy atom. The summed E-state index contributed by atoms with van der Waals surface area (Å²) < 4.78 is 28.1. The minimum absolute atomic E-state index is 0. The summed E-state index contributed by atoms with van der Waals surface area (Å²) in [6.07, 6.45) is 0.795. The second kappa shape index (κ2) is 13.0. The van der Waals surface area contributed by atoms with Crippen LogP contribution in [0.15, 0.2) is 30.3 Å². The van der Waals surface area contributed by atoms with Crippen LogP contribution in [0.1, 0.15) is 16.8 Å². The van der Waals surface area contributed by atoms with Gasteiger partial charge in [-0.15, -0.1) is 12.4 Å². The molecule has 0 atom stereocenters. The zero-order valence-electron chi connectivity index (χ0n) is 20.9. The van der Waals surface area contributed by atoms with Crippen LogP contribution < -0.4 is 23.8 Å². The number of carbonyl (C=O) groups excluding carboxylic acids is 1. The number of nitrogens with zero attached hydrogens (tertiary/aromatic N) is 3. The molecule has 1 aliphatic heterocycles. The number of benzene rings is 2. The van der Waals surface area contributed by atoms with Gasteiger partial charge in [-0.05, 0) is 36.8 Å². The van der Waals surface area contributed by atoms with Gasteiger partial charge in [-0.2, -0.15) is 0 Å². The summed E-state index contributed by atoms with van der Waals surface area (Å²) in [4.78, 5) is 22.7. The zero-order chi connectivity index (χ0) is 24.8. The molecule has 1 aromatic heterocycles. The number of methoxy groups -OCH3 is 4. The second-order valence-electron chi connectivity index (χ2n) is 7.98. The van der Waals surface area contributed by atoms with Gasteiger partial charge in [0.05, 0.1) is 41.7 Å². The third kappa shape index (κ3) is 5.95. The average molecular weight is 538 g/mol. The first kappa shape index (κ1) is 27.8. The molecule has 2 aromatic carbocycles. The van der Waals surface area contributed by atoms with E-state index in [0.717, 1.165) is 44.0 Å². The SMILES string of the molecule is COc1ccc(C(=O)N(CCCN2CCOCC2)c2nc3c(OC)ccc(OC)c3s2)cc1OC.Cl. The lowest BCUT2D eigenvalue weighted by atomic mass is 10.1. The van der Waals surface area contributed by atoms with Gasteiger partial charge in [0.1, 0.15) is 21.7 Å². The number of thiazole rings is 1. The van der Waals surface area contributed by atoms with Crippen LogP contribution in [0.5, 0.6) is 23.0 Å². The van der Waals surface area contributed by atoms with Crippen molar-refractivity contribution in [2.24, 2.45) is 0 Å². The van der Waals surface area contributed by atoms with E-state index in [9.17, 15) is 4.79 Å². The van der Waals surface area contributed by atoms with Crippen molar-refractivity contribution in [1.29, 1.82) is 0 Å². The quantitative estimate of drug-likeness (QED) is 0.382. The first-order valence-electron chi connectivity index (χ1n) is 11.4. The van der Waals surface area contributed by atoms with E-state index in [-0.39, 0.29) is 18.3 Å². The molecule has 11 heteroatoms. The number of aromatic nitrogens is 1. The largest absolute Gasteiger partial charge is 0.495 e. The van der Waals surface area contributed by atoms with Crippen molar-refractivity contribution in [2.75, 3.05) is 72.7 Å². The van der Waals surface area contributed by atoms with E-state index in [1.165, 1.54) is 11.3 Å². The Balaban J connectivity index is 0.00000361. The Bertz CT molecular complexity index is 1130. The maximum Gasteiger partial charge on any atom is 0.260 e. The van der Waals surface area contributed by atoms with Crippen LogP contribution in [0.25, 0.3) is 10.2 Å². The van der Waals surface area contributed by atoms with Gasteiger partial charge < -0.3 is 23.7 Å². The lowest BCUT2D eigenvalue weighted by Gasteiger charge is -2.27. The van der Waals surface area contributed by atoms with Crippen LogP contribution in [0.4, 0.5) is 5.13 Å². The fourth-order valence-corrected chi connectivity index (χ4v) is 5.17. The number of carbonyl (C=O) groups is 1. The molecule has 3 aromatic rings. The number of hydrogen-bond acceptors (Lipinski definition) is 9. The predicted molar refractivity (Wildman–Crippen MR) is 143 cm³/mol. The summed E-state index contributed by atoms with van der Waals surface area (Å²) >= 11 is 1.41. The molecule has 1 amide bonds. The molecule has 0 radical (unpaired) electrons. The summed E-state index contributed by atoms with van der Waals surface area (Å²) in [7, 11) is 6.35. The molecule has 0 unspecified atom stereocenters. The molecular formula is C25H32ClN3O6S. The first-order chi connectivity index (χ1) is 17.1. The normalized spacial score (nSPS) is 13.7. The number of anilines is 1. The maximum absolute atomic E-state index is 13.8. The van der Waals surface area contributed by atoms with Gasteiger partial charge >= 0.3 is 0 Å². The summed E-state index contributed by atoms with van der Waals surface area (Å²) in [6, 6.07) is 8.85. The molecule has 9 nitrogen and oxygen atoms in total. The van der Waals surface area contributed by atoms with Crippen LogP contribution in [0.2, 0.25) is 0 Å². The number of hydrogen-bond donors (Lipinski definition) is 0. The van der Waals surface area contributed by atoms with Crippen LogP contribution in [0.3, 0.4) is 0 Å². The molecule has 0 saturated carbocycles. The molecule has 36 heavy (non-hydrogen) atoms. The molecule has 196 valence electrons. The summed E-state index contributed by atoms with van der Waals surface area (Å²) in [5, 5.41) is 0.588. The highest BCUT2D eigenvalue weighted by atomic mass is 35.5. The van der Waals surface area contributed by atoms with Gasteiger partial charge in [0.25, 0.3) is 5.91 Å². The zero-order valence-corrected chi connectivity index (χ0v) is 22.6. The monoisotopic (exact) mass is 537 g/mol. The molecule has 2 heterocycles. The van der Waals surface area contributed by atoms with E-state index in [1.807, 2.05) is 12.1 Å². The lowest BCUT2D eigenvalue weighted by molar-refractivity contribution is 0.0376. The van der Waals surface area contributed by atoms with Gasteiger partial charge in [-0.25, -0.2) is 4.98 Å². The highest BCUT2D eigenvalue weighted by Crippen LogP contribution is 2.40. The van der Waals surface area contributed by atoms with E-state index in [0.29, 0.717) is 45.8 Å². The van der Waals surface area contributed by atoms with Crippen LogP contribution in [-0.2, 0) is 4.74 Å². The van der Waals surface area contributed by atoms with Crippen LogP contribution in [0, 0.1) is 0 Å². The van der Waals surface area contributed by atoms with Crippen molar-refractivity contribution in [3.05, 3.63) is 35.9 Å². The smallest absolute Gasteiger partial charge is 0.260 e. The molecule has 0 N–H and O–H groups in total. The molecule has 0 bridgehead atoms. The van der Waals surface area contributed by atoms with Gasteiger partial charge in [-0.3, -0.25) is 14.6 Å². The van der Waals surface area contributed by atoms with Gasteiger partial charge in [0, 0.05) is 31.7 Å². The van der Waals surface area contributed by atoms with E-state index >= 15 is 0 Å². The maximum atomic E-state index is 13.8. The fraction of sp³-hybridized carbons (Fsp3) is 0.440. The number of halogens is 1. The Morgan fingerprint density at radius 2 is 1.61 bits per heavy atom. The molecule has 1 saturated heterocycles. The molecule has 1 fully saturated rings. The number of fused-ring (bicyclic) bond motifs is 1. The van der Waals surface area contributed by atoms with E-state index in [4.69, 9.17) is 28.7 Å². The highest BCUT2D eigenvalue weighted by Gasteiger charge is 2.25. The molecule has 4 rings (SSSR count). The number of morpholine rings is 1. The number of ether oxygens (including phenoxy) is 5. The topological polar surface area (TPSA) is 82.6 Å². The van der Waals surface area contributed by atoms with Crippen molar-refractivity contribution < 1.29 is 28.5 Å². The molecule has 0 aliphatic carbocycles. The highest BCUT2D eigenvalue weighted by molar-refractivity contribution is 7.22. The molecule has 0 spiro atoms. The molecular weight excluding hydrogens is 506 g/mol. The minimum Gasteiger partial charge on any atom is -0.495 e. The van der Waals surface area contributed by atoms with Gasteiger partial charge in [0.15, 0.2) is 16.6 Å². The van der Waals surface area contributed by atoms with Crippen molar-refractivity contribution in [3.8, 4) is 23.0 Å². The Labute approximate surface area is 221 Å². The third-order valence-electron chi connectivity index (χ3n) is 5.97. The minimum atomic E-state index is -0.162. The first-order valence-corrected chi connectivity index (χ1v) is 12.3. The third-order valence-corrected chi connectivity index (χ3v) is 7.06. The van der Waals surface area contributed by atoms with Crippen molar-refractivity contribution in [3.63, 3.8) is 0 Å². The summed E-state index contributed by atoms with van der Waals surface area (Å²) in [5.74, 6) is 2.23. The van der Waals surface area contributed by atoms with E-state index in [2.05, 4.69) is 4.90 Å². The number of amides is 1. The van der Waals surface area contributed by atoms with E-state index < -0.39 is 0 Å². The second-order valence-corrected chi connectivity index (χ2v) is 8.96. The van der Waals surface area contributed by atoms with Crippen molar-refractivity contribution in [2.45, 2.75) is 6.42 Å². The van der Waals surface area contributed by atoms with Crippen LogP contribution in [-0.4, -0.2) is 83.6 Å². The average Bonchev–Trinajstić information content (AvgIpc) is 3.35. The van der Waals surface area contributed by atoms with E-state index in [1.54, 1.807) is 51.5 Å². The Morgan fingerprint density at radius 3 is 2.28 bits per heavy atom. The standard InChI is InChI=1S/C25H31N3O6S.ClH/c1-30-18-7-6-17(16-21(18)33-4)24(29)28(11-5-10-27-12-14-34-15-13-27)25-26-22-19(31-2)8-9-20(32-3)23(22)35-25;/h6-9,16H,5,10-15H2,1-4H3;1H. The Hall–Kier alpha value is -2.79. The van der Waals surface area contributed by atoms with Gasteiger partial charge in [0.2, 0.25) is 0 Å². The predicted octanol–water partition coefficient (Wildman–Crippen LogP) is 4.12. The molecule has 1 aliphatic rings. The summed E-state index contributed by atoms with van der Waals surface area (Å²) in [6.45, 7) is 4.67. The van der Waals surface area contributed by atoms with Crippen molar-refractivity contribution in [1.82, 2.24) is 9.88 Å². The fourth-order valence-electron chi connectivity index (χ4n) is 4.08. The van der Waals surface area contributed by atoms with Crippen molar-refractivity contribution >= 4 is 45.0 Å². The van der Waals surface area contributed by atoms with Gasteiger partial charge in [-0.1, -0.05) is 11.3 Å². The summed E-state index contributed by atoms with van der Waals surface area (Å²) in [5.41, 5.74) is 1.16. The Kier molecular flexibility index (Phi) is 10.0. The van der Waals surface area contributed by atoms with Crippen LogP contribution >= 0.6 is 23.7 Å². The number of rotatable bonds is 10.